The molecule has 118 valence electrons. The molecule has 0 aliphatic carbocycles. The minimum Gasteiger partial charge on any atom is -0.377 e. The zero-order valence-corrected chi connectivity index (χ0v) is 13.8. The van der Waals surface area contributed by atoms with Crippen molar-refractivity contribution < 1.29 is 4.74 Å². The molecule has 0 spiro atoms. The highest BCUT2D eigenvalue weighted by Crippen LogP contribution is 2.31. The van der Waals surface area contributed by atoms with E-state index in [-0.39, 0.29) is 0 Å². The standard InChI is InChI=1S/C18H30N2O/c1-4-11-19-17(6-3)16-9-7-8-10-18(16)20-12-13-21-14-15(20)5-2/h7-10,15,17,19H,4-6,11-14H2,1-3H3. The highest BCUT2D eigenvalue weighted by atomic mass is 16.5. The van der Waals surface area contributed by atoms with Gasteiger partial charge in [0.05, 0.1) is 19.3 Å². The Labute approximate surface area is 129 Å². The maximum atomic E-state index is 5.66. The van der Waals surface area contributed by atoms with Crippen molar-refractivity contribution in [1.82, 2.24) is 5.32 Å². The monoisotopic (exact) mass is 290 g/mol. The zero-order chi connectivity index (χ0) is 15.1. The van der Waals surface area contributed by atoms with Crippen LogP contribution in [0.2, 0.25) is 0 Å². The molecule has 1 aromatic rings. The number of nitrogens with one attached hydrogen (secondary N) is 1. The van der Waals surface area contributed by atoms with E-state index in [1.807, 2.05) is 0 Å². The van der Waals surface area contributed by atoms with E-state index in [4.69, 9.17) is 4.74 Å². The molecular formula is C18H30N2O. The molecule has 1 heterocycles. The first-order chi connectivity index (χ1) is 10.3. The predicted molar refractivity (Wildman–Crippen MR) is 90.0 cm³/mol. The van der Waals surface area contributed by atoms with Gasteiger partial charge in [-0.25, -0.2) is 0 Å². The van der Waals surface area contributed by atoms with Crippen molar-refractivity contribution in [3.8, 4) is 0 Å². The van der Waals surface area contributed by atoms with Crippen molar-refractivity contribution in [3.05, 3.63) is 29.8 Å². The summed E-state index contributed by atoms with van der Waals surface area (Å²) in [6.45, 7) is 10.5. The molecule has 21 heavy (non-hydrogen) atoms. The van der Waals surface area contributed by atoms with Crippen molar-refractivity contribution in [1.29, 1.82) is 0 Å². The third-order valence-electron chi connectivity index (χ3n) is 4.37. The number of rotatable bonds is 7. The molecule has 0 aromatic heterocycles. The minimum atomic E-state index is 0.446. The molecule has 1 aliphatic rings. The molecule has 1 N–H and O–H groups in total. The van der Waals surface area contributed by atoms with E-state index in [1.54, 1.807) is 0 Å². The van der Waals surface area contributed by atoms with Gasteiger partial charge in [-0.3, -0.25) is 0 Å². The summed E-state index contributed by atoms with van der Waals surface area (Å²) in [6.07, 6.45) is 3.43. The summed E-state index contributed by atoms with van der Waals surface area (Å²) < 4.78 is 5.66. The van der Waals surface area contributed by atoms with E-state index in [2.05, 4.69) is 55.3 Å². The van der Waals surface area contributed by atoms with Crippen molar-refractivity contribution in [2.75, 3.05) is 31.2 Å². The summed E-state index contributed by atoms with van der Waals surface area (Å²) in [7, 11) is 0. The van der Waals surface area contributed by atoms with Gasteiger partial charge >= 0.3 is 0 Å². The van der Waals surface area contributed by atoms with Gasteiger partial charge in [-0.15, -0.1) is 0 Å². The van der Waals surface area contributed by atoms with Gasteiger partial charge in [0.1, 0.15) is 0 Å². The van der Waals surface area contributed by atoms with E-state index in [0.717, 1.165) is 39.1 Å². The van der Waals surface area contributed by atoms with E-state index in [9.17, 15) is 0 Å². The van der Waals surface area contributed by atoms with Crippen molar-refractivity contribution in [2.24, 2.45) is 0 Å². The Kier molecular flexibility index (Phi) is 6.52. The molecule has 1 saturated heterocycles. The summed E-state index contributed by atoms with van der Waals surface area (Å²) in [5.74, 6) is 0. The second-order valence-electron chi connectivity index (χ2n) is 5.80. The number of hydrogen-bond donors (Lipinski definition) is 1. The van der Waals surface area contributed by atoms with Crippen LogP contribution in [0.5, 0.6) is 0 Å². The Hall–Kier alpha value is -1.06. The predicted octanol–water partition coefficient (Wildman–Crippen LogP) is 3.75. The van der Waals surface area contributed by atoms with Crippen LogP contribution in [0.3, 0.4) is 0 Å². The third-order valence-corrected chi connectivity index (χ3v) is 4.37. The molecule has 1 aliphatic heterocycles. The second kappa shape index (κ2) is 8.40. The Balaban J connectivity index is 2.26. The molecule has 0 amide bonds. The van der Waals surface area contributed by atoms with Crippen LogP contribution in [0.25, 0.3) is 0 Å². The fourth-order valence-corrected chi connectivity index (χ4v) is 3.15. The largest absolute Gasteiger partial charge is 0.377 e. The quantitative estimate of drug-likeness (QED) is 0.827. The molecule has 2 atom stereocenters. The van der Waals surface area contributed by atoms with Gasteiger partial charge in [-0.05, 0) is 37.4 Å². The molecule has 3 heteroatoms. The Morgan fingerprint density at radius 1 is 1.29 bits per heavy atom. The van der Waals surface area contributed by atoms with Crippen molar-refractivity contribution >= 4 is 5.69 Å². The number of anilines is 1. The second-order valence-corrected chi connectivity index (χ2v) is 5.80. The molecule has 1 fully saturated rings. The maximum absolute atomic E-state index is 5.66. The van der Waals surface area contributed by atoms with Crippen molar-refractivity contribution in [3.63, 3.8) is 0 Å². The van der Waals surface area contributed by atoms with Crippen LogP contribution < -0.4 is 10.2 Å². The highest BCUT2D eigenvalue weighted by Gasteiger charge is 2.25. The number of ether oxygens (including phenoxy) is 1. The molecule has 3 nitrogen and oxygen atoms in total. The molecule has 2 unspecified atom stereocenters. The summed E-state index contributed by atoms with van der Waals surface area (Å²) in [5, 5.41) is 3.69. The van der Waals surface area contributed by atoms with Gasteiger partial charge in [-0.1, -0.05) is 39.0 Å². The van der Waals surface area contributed by atoms with Gasteiger partial charge in [0.25, 0.3) is 0 Å². The van der Waals surface area contributed by atoms with E-state index in [0.29, 0.717) is 12.1 Å². The van der Waals surface area contributed by atoms with Gasteiger partial charge in [0.15, 0.2) is 0 Å². The van der Waals surface area contributed by atoms with Crippen LogP contribution in [0.15, 0.2) is 24.3 Å². The van der Waals surface area contributed by atoms with Gasteiger partial charge in [0, 0.05) is 18.3 Å². The Bertz CT molecular complexity index is 421. The SMILES string of the molecule is CCCNC(CC)c1ccccc1N1CCOCC1CC. The van der Waals surface area contributed by atoms with Crippen LogP contribution in [-0.2, 0) is 4.74 Å². The fraction of sp³-hybridized carbons (Fsp3) is 0.667. The van der Waals surface area contributed by atoms with Gasteiger partial charge in [0.2, 0.25) is 0 Å². The Morgan fingerprint density at radius 2 is 2.10 bits per heavy atom. The molecular weight excluding hydrogens is 260 g/mol. The van der Waals surface area contributed by atoms with Crippen LogP contribution in [0.4, 0.5) is 5.69 Å². The number of para-hydroxylation sites is 1. The number of hydrogen-bond acceptors (Lipinski definition) is 3. The first kappa shape index (κ1) is 16.3. The number of nitrogens with zero attached hydrogens (tertiary/aromatic N) is 1. The maximum Gasteiger partial charge on any atom is 0.0670 e. The van der Waals surface area contributed by atoms with Crippen LogP contribution >= 0.6 is 0 Å². The van der Waals surface area contributed by atoms with Crippen molar-refractivity contribution in [2.45, 2.75) is 52.1 Å². The Morgan fingerprint density at radius 3 is 2.81 bits per heavy atom. The molecule has 2 rings (SSSR count). The summed E-state index contributed by atoms with van der Waals surface area (Å²) in [6, 6.07) is 9.84. The lowest BCUT2D eigenvalue weighted by Gasteiger charge is -2.39. The van der Waals surface area contributed by atoms with Crippen LogP contribution in [-0.4, -0.2) is 32.3 Å². The molecule has 0 radical (unpaired) electrons. The van der Waals surface area contributed by atoms with Gasteiger partial charge in [-0.2, -0.15) is 0 Å². The molecule has 0 bridgehead atoms. The lowest BCUT2D eigenvalue weighted by Crippen LogP contribution is -2.46. The number of morpholine rings is 1. The topological polar surface area (TPSA) is 24.5 Å². The van der Waals surface area contributed by atoms with E-state index >= 15 is 0 Å². The van der Waals surface area contributed by atoms with Crippen LogP contribution in [0, 0.1) is 0 Å². The normalized spacial score (nSPS) is 20.5. The summed E-state index contributed by atoms with van der Waals surface area (Å²) in [5.41, 5.74) is 2.83. The first-order valence-corrected chi connectivity index (χ1v) is 8.48. The average Bonchev–Trinajstić information content (AvgIpc) is 2.56. The van der Waals surface area contributed by atoms with E-state index in [1.165, 1.54) is 17.7 Å². The highest BCUT2D eigenvalue weighted by molar-refractivity contribution is 5.56. The summed E-state index contributed by atoms with van der Waals surface area (Å²) >= 11 is 0. The molecule has 1 aromatic carbocycles. The zero-order valence-electron chi connectivity index (χ0n) is 13.8. The first-order valence-electron chi connectivity index (χ1n) is 8.48. The van der Waals surface area contributed by atoms with Crippen LogP contribution in [0.1, 0.15) is 51.6 Å². The van der Waals surface area contributed by atoms with E-state index < -0.39 is 0 Å². The van der Waals surface area contributed by atoms with Gasteiger partial charge < -0.3 is 15.0 Å². The lowest BCUT2D eigenvalue weighted by molar-refractivity contribution is 0.0928. The summed E-state index contributed by atoms with van der Waals surface area (Å²) in [4.78, 5) is 2.55. The average molecular weight is 290 g/mol. The number of benzene rings is 1. The third kappa shape index (κ3) is 3.98. The smallest absolute Gasteiger partial charge is 0.0670 e. The lowest BCUT2D eigenvalue weighted by atomic mass is 9.99. The fourth-order valence-electron chi connectivity index (χ4n) is 3.15. The molecule has 0 saturated carbocycles. The minimum absolute atomic E-state index is 0.446.